The lowest BCUT2D eigenvalue weighted by Crippen LogP contribution is -2.49. The first-order chi connectivity index (χ1) is 4.33. The third-order valence-corrected chi connectivity index (χ3v) is 1.29. The summed E-state index contributed by atoms with van der Waals surface area (Å²) in [6, 6.07) is 0. The molecule has 1 rings (SSSR count). The molecule has 0 aromatic heterocycles. The maximum atomic E-state index is 8.59. The maximum absolute atomic E-state index is 8.59. The van der Waals surface area contributed by atoms with E-state index in [2.05, 4.69) is 5.32 Å². The van der Waals surface area contributed by atoms with Crippen molar-refractivity contribution < 1.29 is 9.84 Å². The van der Waals surface area contributed by atoms with E-state index in [9.17, 15) is 0 Å². The number of rotatable bonds is 1. The first-order valence-electron chi connectivity index (χ1n) is 3.05. The molecule has 1 saturated heterocycles. The van der Waals surface area contributed by atoms with Crippen LogP contribution in [0.3, 0.4) is 0 Å². The van der Waals surface area contributed by atoms with E-state index in [1.807, 2.05) is 0 Å². The van der Waals surface area contributed by atoms with Gasteiger partial charge in [0.15, 0.2) is 0 Å². The molecule has 0 aromatic carbocycles. The van der Waals surface area contributed by atoms with Crippen LogP contribution in [0.25, 0.3) is 0 Å². The lowest BCUT2D eigenvalue weighted by atomic mass is 10.3. The van der Waals surface area contributed by atoms with Gasteiger partial charge in [-0.15, -0.1) is 0 Å². The largest absolute Gasteiger partial charge is 0.394 e. The van der Waals surface area contributed by atoms with Crippen molar-refractivity contribution in [1.29, 1.82) is 0 Å². The second-order valence-electron chi connectivity index (χ2n) is 2.14. The highest BCUT2D eigenvalue weighted by Crippen LogP contribution is 1.96. The molecule has 54 valence electrons. The highest BCUT2D eigenvalue weighted by atomic mass is 16.5. The predicted molar refractivity (Wildman–Crippen MR) is 32.8 cm³/mol. The Morgan fingerprint density at radius 2 is 2.44 bits per heavy atom. The number of aliphatic hydroxyl groups is 1. The van der Waals surface area contributed by atoms with Gasteiger partial charge in [-0.25, -0.2) is 0 Å². The molecule has 0 radical (unpaired) electrons. The molecule has 0 aromatic rings. The quantitative estimate of drug-likeness (QED) is 0.396. The molecule has 1 fully saturated rings. The van der Waals surface area contributed by atoms with Gasteiger partial charge in [0, 0.05) is 13.1 Å². The van der Waals surface area contributed by atoms with Crippen molar-refractivity contribution in [1.82, 2.24) is 5.32 Å². The van der Waals surface area contributed by atoms with Crippen LogP contribution in [0.2, 0.25) is 0 Å². The summed E-state index contributed by atoms with van der Waals surface area (Å²) in [4.78, 5) is 0. The molecule has 0 saturated carbocycles. The normalized spacial score (nSPS) is 36.7. The molecular weight excluding hydrogens is 120 g/mol. The van der Waals surface area contributed by atoms with Gasteiger partial charge in [0.1, 0.15) is 6.23 Å². The lowest BCUT2D eigenvalue weighted by Gasteiger charge is -2.26. The molecule has 2 atom stereocenters. The van der Waals surface area contributed by atoms with Crippen LogP contribution in [0.15, 0.2) is 0 Å². The van der Waals surface area contributed by atoms with E-state index in [-0.39, 0.29) is 18.9 Å². The molecule has 1 heterocycles. The minimum Gasteiger partial charge on any atom is -0.394 e. The van der Waals surface area contributed by atoms with Gasteiger partial charge in [-0.2, -0.15) is 0 Å². The second kappa shape index (κ2) is 3.12. The third kappa shape index (κ3) is 1.91. The van der Waals surface area contributed by atoms with Crippen molar-refractivity contribution in [3.63, 3.8) is 0 Å². The van der Waals surface area contributed by atoms with Crippen LogP contribution in [-0.4, -0.2) is 37.1 Å². The molecular formula is C5H12N2O2. The number of aliphatic hydroxyl groups excluding tert-OH is 1. The number of hydrogen-bond acceptors (Lipinski definition) is 4. The van der Waals surface area contributed by atoms with Crippen LogP contribution < -0.4 is 11.1 Å². The summed E-state index contributed by atoms with van der Waals surface area (Å²) in [5, 5.41) is 11.6. The zero-order valence-electron chi connectivity index (χ0n) is 5.21. The highest BCUT2D eigenvalue weighted by Gasteiger charge is 2.17. The Balaban J connectivity index is 2.23. The number of nitrogens with two attached hydrogens (primary N) is 1. The fourth-order valence-corrected chi connectivity index (χ4v) is 0.838. The summed E-state index contributed by atoms with van der Waals surface area (Å²) < 4.78 is 5.10. The predicted octanol–water partition coefficient (Wildman–Crippen LogP) is -1.75. The van der Waals surface area contributed by atoms with Gasteiger partial charge in [-0.1, -0.05) is 0 Å². The molecule has 0 bridgehead atoms. The van der Waals surface area contributed by atoms with Crippen molar-refractivity contribution in [2.75, 3.05) is 19.7 Å². The van der Waals surface area contributed by atoms with Gasteiger partial charge in [0.05, 0.1) is 12.7 Å². The van der Waals surface area contributed by atoms with Crippen LogP contribution in [0.5, 0.6) is 0 Å². The van der Waals surface area contributed by atoms with Crippen LogP contribution in [0.1, 0.15) is 0 Å². The number of ether oxygens (including phenoxy) is 1. The van der Waals surface area contributed by atoms with Crippen molar-refractivity contribution in [2.24, 2.45) is 5.73 Å². The van der Waals surface area contributed by atoms with Gasteiger partial charge < -0.3 is 20.9 Å². The SMILES string of the molecule is N[C@H]1CNCC(CO)O1. The second-order valence-corrected chi connectivity index (χ2v) is 2.14. The fourth-order valence-electron chi connectivity index (χ4n) is 0.838. The van der Waals surface area contributed by atoms with Crippen LogP contribution in [0, 0.1) is 0 Å². The first-order valence-corrected chi connectivity index (χ1v) is 3.05. The molecule has 9 heavy (non-hydrogen) atoms. The van der Waals surface area contributed by atoms with Gasteiger partial charge in [-0.05, 0) is 0 Å². The minimum atomic E-state index is -0.254. The summed E-state index contributed by atoms with van der Waals surface area (Å²) >= 11 is 0. The zero-order valence-corrected chi connectivity index (χ0v) is 5.21. The van der Waals surface area contributed by atoms with Crippen molar-refractivity contribution >= 4 is 0 Å². The summed E-state index contributed by atoms with van der Waals surface area (Å²) in [5.74, 6) is 0. The topological polar surface area (TPSA) is 67.5 Å². The van der Waals surface area contributed by atoms with Gasteiger partial charge in [-0.3, -0.25) is 0 Å². The smallest absolute Gasteiger partial charge is 0.118 e. The van der Waals surface area contributed by atoms with Crippen LogP contribution >= 0.6 is 0 Å². The molecule has 4 nitrogen and oxygen atoms in total. The Morgan fingerprint density at radius 3 is 2.89 bits per heavy atom. The van der Waals surface area contributed by atoms with E-state index in [0.29, 0.717) is 13.1 Å². The maximum Gasteiger partial charge on any atom is 0.118 e. The van der Waals surface area contributed by atoms with Gasteiger partial charge in [0.2, 0.25) is 0 Å². The van der Waals surface area contributed by atoms with Crippen molar-refractivity contribution in [3.05, 3.63) is 0 Å². The summed E-state index contributed by atoms with van der Waals surface area (Å²) in [6.07, 6.45) is -0.371. The Hall–Kier alpha value is -0.160. The molecule has 1 unspecified atom stereocenters. The minimum absolute atomic E-state index is 0.0424. The Kier molecular flexibility index (Phi) is 2.41. The zero-order chi connectivity index (χ0) is 6.69. The van der Waals surface area contributed by atoms with E-state index in [1.165, 1.54) is 0 Å². The van der Waals surface area contributed by atoms with Crippen molar-refractivity contribution in [3.8, 4) is 0 Å². The fraction of sp³-hybridized carbons (Fsp3) is 1.00. The third-order valence-electron chi connectivity index (χ3n) is 1.29. The molecule has 4 heteroatoms. The van der Waals surface area contributed by atoms with E-state index >= 15 is 0 Å². The molecule has 1 aliphatic rings. The van der Waals surface area contributed by atoms with E-state index in [4.69, 9.17) is 15.6 Å². The van der Waals surface area contributed by atoms with Crippen LogP contribution in [-0.2, 0) is 4.74 Å². The standard InChI is InChI=1S/C5H12N2O2/c6-5-2-7-1-4(3-8)9-5/h4-5,7-8H,1-3,6H2/t4?,5-/m1/s1. The molecule has 1 aliphatic heterocycles. The average molecular weight is 132 g/mol. The molecule has 4 N–H and O–H groups in total. The van der Waals surface area contributed by atoms with E-state index < -0.39 is 0 Å². The Morgan fingerprint density at radius 1 is 1.67 bits per heavy atom. The molecule has 0 spiro atoms. The number of morpholine rings is 1. The number of nitrogens with one attached hydrogen (secondary N) is 1. The highest BCUT2D eigenvalue weighted by molar-refractivity contribution is 4.69. The summed E-state index contributed by atoms with van der Waals surface area (Å²) in [6.45, 7) is 1.42. The van der Waals surface area contributed by atoms with Crippen LogP contribution in [0.4, 0.5) is 0 Å². The van der Waals surface area contributed by atoms with E-state index in [1.54, 1.807) is 0 Å². The van der Waals surface area contributed by atoms with Gasteiger partial charge >= 0.3 is 0 Å². The van der Waals surface area contributed by atoms with E-state index in [0.717, 1.165) is 0 Å². The monoisotopic (exact) mass is 132 g/mol. The number of hydrogen-bond donors (Lipinski definition) is 3. The summed E-state index contributed by atoms with van der Waals surface area (Å²) in [7, 11) is 0. The Labute approximate surface area is 54.0 Å². The van der Waals surface area contributed by atoms with Gasteiger partial charge in [0.25, 0.3) is 0 Å². The summed E-state index contributed by atoms with van der Waals surface area (Å²) in [5.41, 5.74) is 5.40. The molecule has 0 amide bonds. The molecule has 0 aliphatic carbocycles. The average Bonchev–Trinajstić information content (AvgIpc) is 1.88. The van der Waals surface area contributed by atoms with Crippen molar-refractivity contribution in [2.45, 2.75) is 12.3 Å². The first kappa shape index (κ1) is 6.95. The Bertz CT molecular complexity index is 89.0. The lowest BCUT2D eigenvalue weighted by molar-refractivity contribution is -0.0571.